The zero-order valence-electron chi connectivity index (χ0n) is 12.5. The number of methoxy groups -OCH3 is 1. The zero-order chi connectivity index (χ0) is 14.9. The molecule has 5 heteroatoms. The molecule has 0 N–H and O–H groups in total. The highest BCUT2D eigenvalue weighted by molar-refractivity contribution is 7.98. The summed E-state index contributed by atoms with van der Waals surface area (Å²) in [4.78, 5) is 16.1. The SMILES string of the molecule is COC(=O)CC1(CSCc2cn3cccc(C)c3n2)CC1. The number of thioether (sulfide) groups is 1. The molecule has 21 heavy (non-hydrogen) atoms. The summed E-state index contributed by atoms with van der Waals surface area (Å²) in [7, 11) is 1.46. The molecule has 1 fully saturated rings. The van der Waals surface area contributed by atoms with E-state index in [2.05, 4.69) is 28.6 Å². The van der Waals surface area contributed by atoms with Crippen molar-refractivity contribution >= 4 is 23.4 Å². The molecule has 0 atom stereocenters. The highest BCUT2D eigenvalue weighted by Crippen LogP contribution is 2.51. The second kappa shape index (κ2) is 5.72. The molecule has 1 aliphatic carbocycles. The van der Waals surface area contributed by atoms with Crippen LogP contribution in [0.1, 0.15) is 30.5 Å². The van der Waals surface area contributed by atoms with E-state index in [-0.39, 0.29) is 11.4 Å². The molecule has 2 aromatic heterocycles. The first-order valence-corrected chi connectivity index (χ1v) is 8.35. The van der Waals surface area contributed by atoms with Gasteiger partial charge in [-0.2, -0.15) is 11.8 Å². The fourth-order valence-electron chi connectivity index (χ4n) is 2.57. The van der Waals surface area contributed by atoms with Crippen LogP contribution in [0.3, 0.4) is 0 Å². The quantitative estimate of drug-likeness (QED) is 0.769. The molecule has 4 nitrogen and oxygen atoms in total. The van der Waals surface area contributed by atoms with E-state index in [9.17, 15) is 4.79 Å². The van der Waals surface area contributed by atoms with E-state index < -0.39 is 0 Å². The normalized spacial score (nSPS) is 16.1. The molecule has 0 unspecified atom stereocenters. The summed E-state index contributed by atoms with van der Waals surface area (Å²) in [6.07, 6.45) is 6.96. The molecule has 0 bridgehead atoms. The summed E-state index contributed by atoms with van der Waals surface area (Å²) in [6.45, 7) is 2.08. The van der Waals surface area contributed by atoms with Crippen LogP contribution in [0.15, 0.2) is 24.5 Å². The number of aryl methyl sites for hydroxylation is 1. The topological polar surface area (TPSA) is 43.6 Å². The molecular weight excluding hydrogens is 284 g/mol. The number of carbonyl (C=O) groups excluding carboxylic acids is 1. The van der Waals surface area contributed by atoms with Gasteiger partial charge in [-0.15, -0.1) is 0 Å². The smallest absolute Gasteiger partial charge is 0.306 e. The number of esters is 1. The summed E-state index contributed by atoms with van der Waals surface area (Å²) >= 11 is 1.87. The average Bonchev–Trinajstić information content (AvgIpc) is 3.08. The van der Waals surface area contributed by atoms with Gasteiger partial charge in [0.15, 0.2) is 0 Å². The molecular formula is C16H20N2O2S. The summed E-state index contributed by atoms with van der Waals surface area (Å²) in [5.41, 5.74) is 3.51. The van der Waals surface area contributed by atoms with Crippen molar-refractivity contribution in [1.82, 2.24) is 9.38 Å². The van der Waals surface area contributed by atoms with E-state index in [1.54, 1.807) is 0 Å². The number of nitrogens with zero attached hydrogens (tertiary/aromatic N) is 2. The number of imidazole rings is 1. The van der Waals surface area contributed by atoms with E-state index >= 15 is 0 Å². The maximum Gasteiger partial charge on any atom is 0.306 e. The van der Waals surface area contributed by atoms with Gasteiger partial charge in [0.2, 0.25) is 0 Å². The third kappa shape index (κ3) is 3.23. The van der Waals surface area contributed by atoms with Crippen molar-refractivity contribution in [2.45, 2.75) is 31.9 Å². The van der Waals surface area contributed by atoms with Crippen molar-refractivity contribution in [1.29, 1.82) is 0 Å². The van der Waals surface area contributed by atoms with Crippen LogP contribution in [-0.4, -0.2) is 28.2 Å². The van der Waals surface area contributed by atoms with Crippen LogP contribution in [0.25, 0.3) is 5.65 Å². The maximum absolute atomic E-state index is 11.4. The van der Waals surface area contributed by atoms with Gasteiger partial charge in [0.1, 0.15) is 5.65 Å². The number of rotatable bonds is 6. The monoisotopic (exact) mass is 304 g/mol. The Balaban J connectivity index is 1.57. The lowest BCUT2D eigenvalue weighted by Gasteiger charge is -2.12. The Labute approximate surface area is 128 Å². The minimum atomic E-state index is -0.0866. The number of hydrogen-bond acceptors (Lipinski definition) is 4. The summed E-state index contributed by atoms with van der Waals surface area (Å²) < 4.78 is 6.86. The fourth-order valence-corrected chi connectivity index (χ4v) is 3.85. The Bertz CT molecular complexity index is 661. The molecule has 3 rings (SSSR count). The zero-order valence-corrected chi connectivity index (χ0v) is 13.3. The molecule has 0 radical (unpaired) electrons. The molecule has 0 amide bonds. The van der Waals surface area contributed by atoms with Crippen molar-refractivity contribution in [3.63, 3.8) is 0 Å². The third-order valence-electron chi connectivity index (χ3n) is 4.09. The van der Waals surface area contributed by atoms with Crippen LogP contribution in [0.2, 0.25) is 0 Å². The predicted molar refractivity (Wildman–Crippen MR) is 84.4 cm³/mol. The van der Waals surface area contributed by atoms with Crippen LogP contribution in [0.4, 0.5) is 0 Å². The number of ether oxygens (including phenoxy) is 1. The van der Waals surface area contributed by atoms with Gasteiger partial charge in [-0.25, -0.2) is 4.98 Å². The minimum absolute atomic E-state index is 0.0866. The van der Waals surface area contributed by atoms with E-state index in [1.807, 2.05) is 24.0 Å². The van der Waals surface area contributed by atoms with E-state index in [1.165, 1.54) is 12.7 Å². The van der Waals surface area contributed by atoms with Crippen LogP contribution >= 0.6 is 11.8 Å². The Morgan fingerprint density at radius 2 is 2.33 bits per heavy atom. The van der Waals surface area contributed by atoms with Crippen LogP contribution in [-0.2, 0) is 15.3 Å². The number of pyridine rings is 1. The average molecular weight is 304 g/mol. The van der Waals surface area contributed by atoms with Gasteiger partial charge in [0, 0.05) is 18.1 Å². The Hall–Kier alpha value is -1.49. The molecule has 0 aromatic carbocycles. The first-order chi connectivity index (χ1) is 10.1. The van der Waals surface area contributed by atoms with Gasteiger partial charge >= 0.3 is 5.97 Å². The van der Waals surface area contributed by atoms with Crippen LogP contribution in [0.5, 0.6) is 0 Å². The number of fused-ring (bicyclic) bond motifs is 1. The lowest BCUT2D eigenvalue weighted by Crippen LogP contribution is -2.13. The van der Waals surface area contributed by atoms with Crippen LogP contribution in [0, 0.1) is 12.3 Å². The molecule has 112 valence electrons. The second-order valence-corrected chi connectivity index (χ2v) is 6.89. The van der Waals surface area contributed by atoms with Gasteiger partial charge in [0.05, 0.1) is 19.2 Å². The molecule has 0 spiro atoms. The summed E-state index contributed by atoms with van der Waals surface area (Å²) in [6, 6.07) is 4.12. The van der Waals surface area contributed by atoms with Gasteiger partial charge in [-0.3, -0.25) is 4.79 Å². The molecule has 0 saturated heterocycles. The highest BCUT2D eigenvalue weighted by Gasteiger charge is 2.44. The van der Waals surface area contributed by atoms with Gasteiger partial charge < -0.3 is 9.14 Å². The molecule has 2 aromatic rings. The van der Waals surface area contributed by atoms with Crippen molar-refractivity contribution in [3.8, 4) is 0 Å². The van der Waals surface area contributed by atoms with Gasteiger partial charge in [0.25, 0.3) is 0 Å². The maximum atomic E-state index is 11.4. The van der Waals surface area contributed by atoms with Gasteiger partial charge in [-0.05, 0) is 42.6 Å². The fraction of sp³-hybridized carbons (Fsp3) is 0.500. The van der Waals surface area contributed by atoms with Crippen molar-refractivity contribution < 1.29 is 9.53 Å². The van der Waals surface area contributed by atoms with Crippen LogP contribution < -0.4 is 0 Å². The van der Waals surface area contributed by atoms with E-state index in [0.29, 0.717) is 6.42 Å². The molecule has 2 heterocycles. The Morgan fingerprint density at radius 3 is 3.00 bits per heavy atom. The third-order valence-corrected chi connectivity index (χ3v) is 5.41. The summed E-state index contributed by atoms with van der Waals surface area (Å²) in [5, 5.41) is 0. The van der Waals surface area contributed by atoms with E-state index in [0.717, 1.165) is 35.7 Å². The lowest BCUT2D eigenvalue weighted by molar-refractivity contribution is -0.141. The van der Waals surface area contributed by atoms with Gasteiger partial charge in [-0.1, -0.05) is 6.07 Å². The largest absolute Gasteiger partial charge is 0.469 e. The van der Waals surface area contributed by atoms with E-state index in [4.69, 9.17) is 4.74 Å². The molecule has 0 aliphatic heterocycles. The predicted octanol–water partition coefficient (Wildman–Crippen LogP) is 3.22. The van der Waals surface area contributed by atoms with Crippen molar-refractivity contribution in [2.75, 3.05) is 12.9 Å². The molecule has 1 aliphatic rings. The van der Waals surface area contributed by atoms with Crippen molar-refractivity contribution in [2.24, 2.45) is 5.41 Å². The standard InChI is InChI=1S/C16H20N2O2S/c1-12-4-3-7-18-9-13(17-15(12)18)10-21-11-16(5-6-16)8-14(19)20-2/h3-4,7,9H,5-6,8,10-11H2,1-2H3. The first-order valence-electron chi connectivity index (χ1n) is 7.20. The number of aromatic nitrogens is 2. The minimum Gasteiger partial charge on any atom is -0.469 e. The summed E-state index contributed by atoms with van der Waals surface area (Å²) in [5.74, 6) is 1.82. The molecule has 1 saturated carbocycles. The number of hydrogen-bond donors (Lipinski definition) is 0. The number of carbonyl (C=O) groups is 1. The second-order valence-electron chi connectivity index (χ2n) is 5.90. The Morgan fingerprint density at radius 1 is 1.52 bits per heavy atom. The Kier molecular flexibility index (Phi) is 3.93. The van der Waals surface area contributed by atoms with Crippen molar-refractivity contribution in [3.05, 3.63) is 35.8 Å². The first kappa shape index (κ1) is 14.4. The highest BCUT2D eigenvalue weighted by atomic mass is 32.2. The lowest BCUT2D eigenvalue weighted by atomic mass is 10.1.